The van der Waals surface area contributed by atoms with Crippen molar-refractivity contribution < 1.29 is 4.74 Å². The summed E-state index contributed by atoms with van der Waals surface area (Å²) in [5.41, 5.74) is 5.89. The zero-order valence-electron chi connectivity index (χ0n) is 8.49. The van der Waals surface area contributed by atoms with Crippen LogP contribution in [0.15, 0.2) is 4.79 Å². The first-order chi connectivity index (χ1) is 7.74. The van der Waals surface area contributed by atoms with Crippen molar-refractivity contribution in [3.63, 3.8) is 0 Å². The first kappa shape index (κ1) is 9.34. The number of H-pyrrole nitrogens is 2. The van der Waals surface area contributed by atoms with Crippen molar-refractivity contribution in [1.29, 1.82) is 0 Å². The monoisotopic (exact) mass is 221 g/mol. The Hall–Kier alpha value is -1.89. The van der Waals surface area contributed by atoms with Gasteiger partial charge in [0.25, 0.3) is 5.56 Å². The molecule has 0 aromatic carbocycles. The molecule has 16 heavy (non-hydrogen) atoms. The highest BCUT2D eigenvalue weighted by Gasteiger charge is 2.22. The van der Waals surface area contributed by atoms with E-state index in [-0.39, 0.29) is 17.4 Å². The van der Waals surface area contributed by atoms with Gasteiger partial charge in [-0.15, -0.1) is 0 Å². The van der Waals surface area contributed by atoms with E-state index in [4.69, 9.17) is 10.5 Å². The normalized spacial score (nSPS) is 20.6. The third kappa shape index (κ3) is 1.36. The molecule has 0 radical (unpaired) electrons. The number of hydrogen-bond donors (Lipinski definition) is 3. The van der Waals surface area contributed by atoms with Crippen molar-refractivity contribution in [3.05, 3.63) is 16.2 Å². The van der Waals surface area contributed by atoms with E-state index >= 15 is 0 Å². The number of aromatic nitrogens is 4. The van der Waals surface area contributed by atoms with Gasteiger partial charge in [0, 0.05) is 12.5 Å². The van der Waals surface area contributed by atoms with Crippen LogP contribution in [0.5, 0.6) is 0 Å². The maximum Gasteiger partial charge on any atom is 0.278 e. The maximum atomic E-state index is 11.5. The Kier molecular flexibility index (Phi) is 1.93. The van der Waals surface area contributed by atoms with Crippen LogP contribution >= 0.6 is 0 Å². The van der Waals surface area contributed by atoms with E-state index in [0.29, 0.717) is 17.8 Å². The highest BCUT2D eigenvalue weighted by atomic mass is 16.5. The highest BCUT2D eigenvalue weighted by Crippen LogP contribution is 2.23. The van der Waals surface area contributed by atoms with Gasteiger partial charge in [-0.3, -0.25) is 9.78 Å². The fraction of sp³-hybridized carbons (Fsp3) is 0.444. The van der Waals surface area contributed by atoms with E-state index in [1.54, 1.807) is 0 Å². The third-order valence-electron chi connectivity index (χ3n) is 2.71. The first-order valence-electron chi connectivity index (χ1n) is 5.07. The van der Waals surface area contributed by atoms with Gasteiger partial charge in [-0.25, -0.2) is 4.98 Å². The second-order valence-corrected chi connectivity index (χ2v) is 3.83. The minimum Gasteiger partial charge on any atom is -0.381 e. The van der Waals surface area contributed by atoms with E-state index in [2.05, 4.69) is 19.9 Å². The SMILES string of the molecule is Nc1nc2nc(C3CCOC3)[nH]c2c(=O)[nH]1. The molecular formula is C9H11N5O2. The van der Waals surface area contributed by atoms with E-state index in [9.17, 15) is 4.79 Å². The standard InChI is InChI=1S/C9H11N5O2/c10-9-13-7-5(8(15)14-9)11-6(12-7)4-1-2-16-3-4/h4H,1-3H2,(H4,10,11,12,13,14,15). The van der Waals surface area contributed by atoms with Gasteiger partial charge in [0.1, 0.15) is 5.82 Å². The Morgan fingerprint density at radius 3 is 3.00 bits per heavy atom. The molecule has 7 nitrogen and oxygen atoms in total. The van der Waals surface area contributed by atoms with Crippen LogP contribution in [0.25, 0.3) is 11.2 Å². The summed E-state index contributed by atoms with van der Waals surface area (Å²) in [5.74, 6) is 1.05. The van der Waals surface area contributed by atoms with Gasteiger partial charge in [-0.1, -0.05) is 0 Å². The van der Waals surface area contributed by atoms with Gasteiger partial charge in [-0.2, -0.15) is 4.98 Å². The van der Waals surface area contributed by atoms with Gasteiger partial charge in [0.15, 0.2) is 11.2 Å². The smallest absolute Gasteiger partial charge is 0.278 e. The highest BCUT2D eigenvalue weighted by molar-refractivity contribution is 5.70. The number of nitrogen functional groups attached to an aromatic ring is 1. The molecule has 0 spiro atoms. The summed E-state index contributed by atoms with van der Waals surface area (Å²) < 4.78 is 5.27. The Morgan fingerprint density at radius 1 is 1.38 bits per heavy atom. The molecular weight excluding hydrogens is 210 g/mol. The van der Waals surface area contributed by atoms with Gasteiger partial charge in [0.2, 0.25) is 5.95 Å². The number of imidazole rings is 1. The van der Waals surface area contributed by atoms with E-state index < -0.39 is 0 Å². The number of nitrogens with zero attached hydrogens (tertiary/aromatic N) is 2. The first-order valence-corrected chi connectivity index (χ1v) is 5.07. The van der Waals surface area contributed by atoms with Crippen LogP contribution in [-0.4, -0.2) is 33.1 Å². The molecule has 0 aliphatic carbocycles. The van der Waals surface area contributed by atoms with E-state index in [1.165, 1.54) is 0 Å². The van der Waals surface area contributed by atoms with Gasteiger partial charge >= 0.3 is 0 Å². The molecule has 3 rings (SSSR count). The van der Waals surface area contributed by atoms with Crippen LogP contribution in [0, 0.1) is 0 Å². The Balaban J connectivity index is 2.15. The zero-order valence-corrected chi connectivity index (χ0v) is 8.49. The van der Waals surface area contributed by atoms with Crippen molar-refractivity contribution in [2.75, 3.05) is 18.9 Å². The molecule has 7 heteroatoms. The second kappa shape index (κ2) is 3.31. The molecule has 1 atom stereocenters. The summed E-state index contributed by atoms with van der Waals surface area (Å²) in [6, 6.07) is 0. The number of anilines is 1. The average Bonchev–Trinajstić information content (AvgIpc) is 2.82. The van der Waals surface area contributed by atoms with E-state index in [1.807, 2.05) is 0 Å². The molecule has 1 aliphatic heterocycles. The molecule has 84 valence electrons. The summed E-state index contributed by atoms with van der Waals surface area (Å²) >= 11 is 0. The third-order valence-corrected chi connectivity index (χ3v) is 2.71. The number of nitrogens with one attached hydrogen (secondary N) is 2. The molecule has 1 unspecified atom stereocenters. The lowest BCUT2D eigenvalue weighted by atomic mass is 10.1. The molecule has 1 saturated heterocycles. The fourth-order valence-corrected chi connectivity index (χ4v) is 1.89. The van der Waals surface area contributed by atoms with Crippen LogP contribution < -0.4 is 11.3 Å². The molecule has 0 bridgehead atoms. The van der Waals surface area contributed by atoms with Crippen LogP contribution in [-0.2, 0) is 4.74 Å². The summed E-state index contributed by atoms with van der Waals surface area (Å²) in [6.45, 7) is 1.36. The summed E-state index contributed by atoms with van der Waals surface area (Å²) in [7, 11) is 0. The minimum absolute atomic E-state index is 0.0817. The van der Waals surface area contributed by atoms with Crippen molar-refractivity contribution in [2.45, 2.75) is 12.3 Å². The molecule has 3 heterocycles. The molecule has 1 aliphatic rings. The number of rotatable bonds is 1. The second-order valence-electron chi connectivity index (χ2n) is 3.83. The molecule has 0 saturated carbocycles. The molecule has 4 N–H and O–H groups in total. The number of aromatic amines is 2. The minimum atomic E-state index is -0.292. The quantitative estimate of drug-likeness (QED) is 0.614. The van der Waals surface area contributed by atoms with E-state index in [0.717, 1.165) is 18.9 Å². The number of fused-ring (bicyclic) bond motifs is 1. The largest absolute Gasteiger partial charge is 0.381 e. The lowest BCUT2D eigenvalue weighted by Gasteiger charge is -2.00. The molecule has 2 aromatic heterocycles. The van der Waals surface area contributed by atoms with Crippen LogP contribution in [0.2, 0.25) is 0 Å². The predicted octanol–water partition coefficient (Wildman–Crippen LogP) is -0.268. The fourth-order valence-electron chi connectivity index (χ4n) is 1.89. The summed E-state index contributed by atoms with van der Waals surface area (Å²) in [4.78, 5) is 25.2. The number of ether oxygens (including phenoxy) is 1. The van der Waals surface area contributed by atoms with Gasteiger partial charge in [-0.05, 0) is 6.42 Å². The van der Waals surface area contributed by atoms with Crippen molar-refractivity contribution in [1.82, 2.24) is 19.9 Å². The van der Waals surface area contributed by atoms with Crippen molar-refractivity contribution >= 4 is 17.1 Å². The zero-order chi connectivity index (χ0) is 11.1. The summed E-state index contributed by atoms with van der Waals surface area (Å²) in [6.07, 6.45) is 0.910. The summed E-state index contributed by atoms with van der Waals surface area (Å²) in [5, 5.41) is 0. The van der Waals surface area contributed by atoms with Crippen LogP contribution in [0.3, 0.4) is 0 Å². The maximum absolute atomic E-state index is 11.5. The average molecular weight is 221 g/mol. The van der Waals surface area contributed by atoms with Crippen molar-refractivity contribution in [2.24, 2.45) is 0 Å². The molecule has 2 aromatic rings. The molecule has 0 amide bonds. The molecule has 1 fully saturated rings. The Morgan fingerprint density at radius 2 is 2.25 bits per heavy atom. The van der Waals surface area contributed by atoms with Crippen molar-refractivity contribution in [3.8, 4) is 0 Å². The van der Waals surface area contributed by atoms with Gasteiger partial charge in [0.05, 0.1) is 6.61 Å². The van der Waals surface area contributed by atoms with Crippen LogP contribution in [0.4, 0.5) is 5.95 Å². The number of nitrogens with two attached hydrogens (primary N) is 1. The van der Waals surface area contributed by atoms with Gasteiger partial charge < -0.3 is 15.5 Å². The number of hydrogen-bond acceptors (Lipinski definition) is 5. The topological polar surface area (TPSA) is 110 Å². The Bertz CT molecular complexity index is 581. The predicted molar refractivity (Wildman–Crippen MR) is 57.1 cm³/mol. The lowest BCUT2D eigenvalue weighted by Crippen LogP contribution is -2.10. The lowest BCUT2D eigenvalue weighted by molar-refractivity contribution is 0.193. The van der Waals surface area contributed by atoms with Crippen LogP contribution in [0.1, 0.15) is 18.2 Å². The Labute approximate surface area is 90.1 Å².